The summed E-state index contributed by atoms with van der Waals surface area (Å²) in [7, 11) is -0.243. The molecule has 1 aromatic heterocycles. The highest BCUT2D eigenvalue weighted by molar-refractivity contribution is 7.89. The van der Waals surface area contributed by atoms with Crippen LogP contribution in [0.4, 0.5) is 0 Å². The summed E-state index contributed by atoms with van der Waals surface area (Å²) in [6.07, 6.45) is 0.815. The second kappa shape index (κ2) is 6.10. The predicted octanol–water partition coefficient (Wildman–Crippen LogP) is 2.06. The van der Waals surface area contributed by atoms with E-state index in [1.807, 2.05) is 30.3 Å². The summed E-state index contributed by atoms with van der Waals surface area (Å²) in [5.74, 6) is 0.218. The van der Waals surface area contributed by atoms with Gasteiger partial charge in [-0.25, -0.2) is 13.2 Å². The largest absolute Gasteiger partial charge is 0.328 e. The number of benzene rings is 2. The number of rotatable bonds is 3. The smallest absolute Gasteiger partial charge is 0.295 e. The summed E-state index contributed by atoms with van der Waals surface area (Å²) in [5, 5.41) is 0. The first kappa shape index (κ1) is 17.1. The topological polar surface area (TPSA) is 64.3 Å². The third-order valence-electron chi connectivity index (χ3n) is 5.30. The molecule has 1 aliphatic rings. The molecule has 1 fully saturated rings. The molecule has 2 heterocycles. The molecule has 1 atom stereocenters. The number of aryl methyl sites for hydroxylation is 2. The molecule has 0 saturated carbocycles. The average Bonchev–Trinajstić information content (AvgIpc) is 3.24. The lowest BCUT2D eigenvalue weighted by atomic mass is 9.99. The molecule has 0 aliphatic carbocycles. The van der Waals surface area contributed by atoms with Crippen LogP contribution in [0.3, 0.4) is 0 Å². The number of hydrogen-bond acceptors (Lipinski definition) is 3. The summed E-state index contributed by atoms with van der Waals surface area (Å²) >= 11 is 0. The van der Waals surface area contributed by atoms with Gasteiger partial charge >= 0.3 is 5.69 Å². The second-order valence-corrected chi connectivity index (χ2v) is 8.75. The van der Waals surface area contributed by atoms with Crippen molar-refractivity contribution in [3.8, 4) is 0 Å². The molecule has 2 aromatic carbocycles. The fourth-order valence-electron chi connectivity index (χ4n) is 3.74. The van der Waals surface area contributed by atoms with Crippen LogP contribution in [-0.4, -0.2) is 34.9 Å². The maximum atomic E-state index is 13.1. The van der Waals surface area contributed by atoms with Crippen LogP contribution >= 0.6 is 0 Å². The lowest BCUT2D eigenvalue weighted by Crippen LogP contribution is -2.28. The summed E-state index contributed by atoms with van der Waals surface area (Å²) in [6, 6.07) is 14.9. The van der Waals surface area contributed by atoms with E-state index in [2.05, 4.69) is 0 Å². The molecular weight excluding hydrogens is 350 g/mol. The van der Waals surface area contributed by atoms with Crippen LogP contribution in [0.1, 0.15) is 17.9 Å². The van der Waals surface area contributed by atoms with Crippen LogP contribution in [-0.2, 0) is 24.1 Å². The van der Waals surface area contributed by atoms with E-state index < -0.39 is 10.0 Å². The Morgan fingerprint density at radius 2 is 1.65 bits per heavy atom. The number of fused-ring (bicyclic) bond motifs is 1. The van der Waals surface area contributed by atoms with Gasteiger partial charge in [0.15, 0.2) is 0 Å². The zero-order chi connectivity index (χ0) is 18.5. The highest BCUT2D eigenvalue weighted by Crippen LogP contribution is 2.31. The molecule has 1 aliphatic heterocycles. The van der Waals surface area contributed by atoms with Crippen LogP contribution in [0.5, 0.6) is 0 Å². The van der Waals surface area contributed by atoms with Crippen molar-refractivity contribution in [2.45, 2.75) is 17.2 Å². The van der Waals surface area contributed by atoms with Gasteiger partial charge in [0.2, 0.25) is 10.0 Å². The Hall–Kier alpha value is -2.38. The first-order valence-corrected chi connectivity index (χ1v) is 10.0. The third kappa shape index (κ3) is 2.59. The van der Waals surface area contributed by atoms with Gasteiger partial charge in [-0.1, -0.05) is 30.3 Å². The monoisotopic (exact) mass is 371 g/mol. The molecule has 1 saturated heterocycles. The van der Waals surface area contributed by atoms with Gasteiger partial charge in [-0.3, -0.25) is 9.13 Å². The Balaban J connectivity index is 1.68. The van der Waals surface area contributed by atoms with Crippen molar-refractivity contribution in [2.24, 2.45) is 14.1 Å². The molecule has 0 bridgehead atoms. The van der Waals surface area contributed by atoms with Crippen molar-refractivity contribution >= 4 is 21.1 Å². The average molecular weight is 371 g/mol. The molecule has 7 heteroatoms. The summed E-state index contributed by atoms with van der Waals surface area (Å²) in [6.45, 7) is 0.992. The van der Waals surface area contributed by atoms with Crippen LogP contribution in [0, 0.1) is 0 Å². The lowest BCUT2D eigenvalue weighted by Gasteiger charge is -2.17. The Morgan fingerprint density at radius 3 is 2.38 bits per heavy atom. The van der Waals surface area contributed by atoms with Gasteiger partial charge in [0.1, 0.15) is 0 Å². The molecule has 0 N–H and O–H groups in total. The Morgan fingerprint density at radius 1 is 0.962 bits per heavy atom. The predicted molar refractivity (Wildman–Crippen MR) is 101 cm³/mol. The first-order valence-electron chi connectivity index (χ1n) is 8.60. The van der Waals surface area contributed by atoms with Crippen molar-refractivity contribution in [2.75, 3.05) is 13.1 Å². The number of nitrogens with zero attached hydrogens (tertiary/aromatic N) is 3. The summed E-state index contributed by atoms with van der Waals surface area (Å²) < 4.78 is 30.7. The van der Waals surface area contributed by atoms with Crippen LogP contribution in [0.15, 0.2) is 58.2 Å². The van der Waals surface area contributed by atoms with Crippen LogP contribution in [0.2, 0.25) is 0 Å². The van der Waals surface area contributed by atoms with E-state index in [0.29, 0.717) is 18.6 Å². The quantitative estimate of drug-likeness (QED) is 0.708. The van der Waals surface area contributed by atoms with Crippen molar-refractivity contribution in [3.05, 3.63) is 64.6 Å². The van der Waals surface area contributed by atoms with Crippen molar-refractivity contribution in [1.29, 1.82) is 0 Å². The maximum Gasteiger partial charge on any atom is 0.328 e. The maximum absolute atomic E-state index is 13.1. The van der Waals surface area contributed by atoms with Crippen molar-refractivity contribution in [3.63, 3.8) is 0 Å². The van der Waals surface area contributed by atoms with E-state index in [9.17, 15) is 13.2 Å². The SMILES string of the molecule is Cn1c(=O)n(C)c2cc(S(=O)(=O)N3CCC(c4ccccc4)C3)ccc21. The van der Waals surface area contributed by atoms with Gasteiger partial charge in [0.05, 0.1) is 15.9 Å². The Bertz CT molecular complexity index is 1130. The standard InChI is InChI=1S/C19H21N3O3S/c1-20-17-9-8-16(12-18(17)21(2)19(20)23)26(24,25)22-11-10-15(13-22)14-6-4-3-5-7-14/h3-9,12,15H,10-11,13H2,1-2H3. The molecule has 4 rings (SSSR count). The van der Waals surface area contributed by atoms with E-state index in [4.69, 9.17) is 0 Å². The highest BCUT2D eigenvalue weighted by atomic mass is 32.2. The minimum Gasteiger partial charge on any atom is -0.295 e. The molecular formula is C19H21N3O3S. The molecule has 1 unspecified atom stereocenters. The zero-order valence-electron chi connectivity index (χ0n) is 14.8. The van der Waals surface area contributed by atoms with Crippen molar-refractivity contribution in [1.82, 2.24) is 13.4 Å². The highest BCUT2D eigenvalue weighted by Gasteiger charge is 2.33. The molecule has 0 amide bonds. The van der Waals surface area contributed by atoms with Gasteiger partial charge in [-0.05, 0) is 36.1 Å². The van der Waals surface area contributed by atoms with Gasteiger partial charge in [-0.2, -0.15) is 4.31 Å². The first-order chi connectivity index (χ1) is 12.4. The Labute approximate surface area is 152 Å². The van der Waals surface area contributed by atoms with Gasteiger partial charge in [0, 0.05) is 27.2 Å². The third-order valence-corrected chi connectivity index (χ3v) is 7.16. The number of sulfonamides is 1. The van der Waals surface area contributed by atoms with Gasteiger partial charge in [-0.15, -0.1) is 0 Å². The number of imidazole rings is 1. The Kier molecular flexibility index (Phi) is 4.00. The second-order valence-electron chi connectivity index (χ2n) is 6.81. The van der Waals surface area contributed by atoms with E-state index in [0.717, 1.165) is 11.9 Å². The number of hydrogen-bond donors (Lipinski definition) is 0. The van der Waals surface area contributed by atoms with E-state index in [-0.39, 0.29) is 16.5 Å². The zero-order valence-corrected chi connectivity index (χ0v) is 15.6. The molecule has 6 nitrogen and oxygen atoms in total. The minimum atomic E-state index is -3.58. The summed E-state index contributed by atoms with van der Waals surface area (Å²) in [4.78, 5) is 12.3. The summed E-state index contributed by atoms with van der Waals surface area (Å²) in [5.41, 5.74) is 2.35. The lowest BCUT2D eigenvalue weighted by molar-refractivity contribution is 0.473. The molecule has 136 valence electrons. The molecule has 0 radical (unpaired) electrons. The molecule has 0 spiro atoms. The van der Waals surface area contributed by atoms with E-state index >= 15 is 0 Å². The van der Waals surface area contributed by atoms with Crippen LogP contribution in [0.25, 0.3) is 11.0 Å². The minimum absolute atomic E-state index is 0.167. The van der Waals surface area contributed by atoms with Gasteiger partial charge in [0.25, 0.3) is 0 Å². The fraction of sp³-hybridized carbons (Fsp3) is 0.316. The van der Waals surface area contributed by atoms with Gasteiger partial charge < -0.3 is 0 Å². The van der Waals surface area contributed by atoms with E-state index in [1.165, 1.54) is 14.7 Å². The van der Waals surface area contributed by atoms with E-state index in [1.54, 1.807) is 36.6 Å². The fourth-order valence-corrected chi connectivity index (χ4v) is 5.26. The molecule has 26 heavy (non-hydrogen) atoms. The molecule has 3 aromatic rings. The van der Waals surface area contributed by atoms with Crippen LogP contribution < -0.4 is 5.69 Å². The van der Waals surface area contributed by atoms with Crippen molar-refractivity contribution < 1.29 is 8.42 Å². The number of aromatic nitrogens is 2. The normalized spacial score (nSPS) is 18.6.